The van der Waals surface area contributed by atoms with E-state index in [-0.39, 0.29) is 11.8 Å². The van der Waals surface area contributed by atoms with Gasteiger partial charge in [0.15, 0.2) is 0 Å². The van der Waals surface area contributed by atoms with Gasteiger partial charge in [-0.3, -0.25) is 14.9 Å². The number of H-pyrrole nitrogens is 1. The largest absolute Gasteiger partial charge is 0.337 e. The SMILES string of the molecule is O=C(CCn1ccnc1)Nc1cccc(C(=O)Nc2nc3ccccc3[nH]2)c1. The Kier molecular flexibility index (Phi) is 4.83. The molecular formula is C20H18N6O2. The van der Waals surface area contributed by atoms with Gasteiger partial charge < -0.3 is 14.9 Å². The van der Waals surface area contributed by atoms with Crippen LogP contribution >= 0.6 is 0 Å². The zero-order valence-electron chi connectivity index (χ0n) is 14.9. The number of benzene rings is 2. The third-order valence-corrected chi connectivity index (χ3v) is 4.19. The lowest BCUT2D eigenvalue weighted by atomic mass is 10.2. The van der Waals surface area contributed by atoms with Gasteiger partial charge >= 0.3 is 0 Å². The van der Waals surface area contributed by atoms with E-state index >= 15 is 0 Å². The van der Waals surface area contributed by atoms with Crippen LogP contribution in [0.5, 0.6) is 0 Å². The first-order valence-corrected chi connectivity index (χ1v) is 8.79. The summed E-state index contributed by atoms with van der Waals surface area (Å²) in [6.45, 7) is 0.540. The van der Waals surface area contributed by atoms with Crippen molar-refractivity contribution in [1.82, 2.24) is 19.5 Å². The lowest BCUT2D eigenvalue weighted by Gasteiger charge is -2.08. The summed E-state index contributed by atoms with van der Waals surface area (Å²) in [6, 6.07) is 14.3. The van der Waals surface area contributed by atoms with Gasteiger partial charge in [0.25, 0.3) is 5.91 Å². The maximum Gasteiger partial charge on any atom is 0.258 e. The maximum absolute atomic E-state index is 12.5. The lowest BCUT2D eigenvalue weighted by molar-refractivity contribution is -0.116. The Labute approximate surface area is 160 Å². The van der Waals surface area contributed by atoms with Gasteiger partial charge in [0.1, 0.15) is 0 Å². The Morgan fingerprint density at radius 2 is 1.96 bits per heavy atom. The van der Waals surface area contributed by atoms with Crippen molar-refractivity contribution in [2.75, 3.05) is 10.6 Å². The van der Waals surface area contributed by atoms with Crippen LogP contribution in [0.3, 0.4) is 0 Å². The number of hydrogen-bond acceptors (Lipinski definition) is 4. The lowest BCUT2D eigenvalue weighted by Crippen LogP contribution is -2.16. The number of para-hydroxylation sites is 2. The molecule has 3 N–H and O–H groups in total. The van der Waals surface area contributed by atoms with E-state index in [1.807, 2.05) is 28.8 Å². The van der Waals surface area contributed by atoms with Gasteiger partial charge in [-0.15, -0.1) is 0 Å². The third-order valence-electron chi connectivity index (χ3n) is 4.19. The number of nitrogens with zero attached hydrogens (tertiary/aromatic N) is 3. The van der Waals surface area contributed by atoms with Crippen molar-refractivity contribution in [2.24, 2.45) is 0 Å². The van der Waals surface area contributed by atoms with Crippen LogP contribution in [0.4, 0.5) is 11.6 Å². The van der Waals surface area contributed by atoms with Crippen molar-refractivity contribution in [3.05, 3.63) is 72.8 Å². The normalized spacial score (nSPS) is 10.7. The second kappa shape index (κ2) is 7.75. The predicted molar refractivity (Wildman–Crippen MR) is 106 cm³/mol. The van der Waals surface area contributed by atoms with Crippen molar-refractivity contribution in [3.8, 4) is 0 Å². The summed E-state index contributed by atoms with van der Waals surface area (Å²) in [5, 5.41) is 5.55. The molecule has 0 fully saturated rings. The minimum absolute atomic E-state index is 0.136. The number of carbonyl (C=O) groups excluding carboxylic acids is 2. The molecule has 0 bridgehead atoms. The molecule has 0 spiro atoms. The molecule has 0 saturated carbocycles. The van der Waals surface area contributed by atoms with Crippen LogP contribution in [0.15, 0.2) is 67.3 Å². The number of aromatic nitrogens is 4. The fourth-order valence-corrected chi connectivity index (χ4v) is 2.80. The summed E-state index contributed by atoms with van der Waals surface area (Å²) in [6.07, 6.45) is 5.44. The average molecular weight is 374 g/mol. The molecule has 0 radical (unpaired) electrons. The molecule has 4 rings (SSSR count). The summed E-state index contributed by atoms with van der Waals surface area (Å²) >= 11 is 0. The highest BCUT2D eigenvalue weighted by molar-refractivity contribution is 6.05. The monoisotopic (exact) mass is 374 g/mol. The molecular weight excluding hydrogens is 356 g/mol. The molecule has 0 atom stereocenters. The van der Waals surface area contributed by atoms with E-state index in [2.05, 4.69) is 25.6 Å². The zero-order chi connectivity index (χ0) is 19.3. The van der Waals surface area contributed by atoms with Gasteiger partial charge in [-0.2, -0.15) is 0 Å². The van der Waals surface area contributed by atoms with E-state index in [1.165, 1.54) is 0 Å². The van der Waals surface area contributed by atoms with E-state index < -0.39 is 0 Å². The number of anilines is 2. The molecule has 28 heavy (non-hydrogen) atoms. The second-order valence-corrected chi connectivity index (χ2v) is 6.24. The number of aromatic amines is 1. The topological polar surface area (TPSA) is 105 Å². The minimum atomic E-state index is -0.312. The molecule has 2 heterocycles. The van der Waals surface area contributed by atoms with Crippen LogP contribution in [-0.4, -0.2) is 31.3 Å². The summed E-state index contributed by atoms with van der Waals surface area (Å²) in [5.74, 6) is -0.0712. The number of nitrogens with one attached hydrogen (secondary N) is 3. The van der Waals surface area contributed by atoms with Crippen molar-refractivity contribution in [3.63, 3.8) is 0 Å². The molecule has 140 valence electrons. The standard InChI is InChI=1S/C20H18N6O2/c27-18(8-10-26-11-9-21-13-26)22-15-5-3-4-14(12-15)19(28)25-20-23-16-6-1-2-7-17(16)24-20/h1-7,9,11-13H,8,10H2,(H,22,27)(H2,23,24,25,28). The van der Waals surface area contributed by atoms with Gasteiger partial charge in [0.2, 0.25) is 11.9 Å². The van der Waals surface area contributed by atoms with Crippen molar-refractivity contribution < 1.29 is 9.59 Å². The first-order valence-electron chi connectivity index (χ1n) is 8.79. The third kappa shape index (κ3) is 4.07. The van der Waals surface area contributed by atoms with Crippen LogP contribution in [0.1, 0.15) is 16.8 Å². The molecule has 2 aromatic carbocycles. The van der Waals surface area contributed by atoms with Crippen LogP contribution < -0.4 is 10.6 Å². The van der Waals surface area contributed by atoms with Crippen LogP contribution in [-0.2, 0) is 11.3 Å². The maximum atomic E-state index is 12.5. The molecule has 8 nitrogen and oxygen atoms in total. The highest BCUT2D eigenvalue weighted by Gasteiger charge is 2.11. The number of fused-ring (bicyclic) bond motifs is 1. The van der Waals surface area contributed by atoms with Crippen LogP contribution in [0.25, 0.3) is 11.0 Å². The number of carbonyl (C=O) groups is 2. The van der Waals surface area contributed by atoms with E-state index in [0.29, 0.717) is 30.2 Å². The number of hydrogen-bond donors (Lipinski definition) is 3. The van der Waals surface area contributed by atoms with Gasteiger partial charge in [0, 0.05) is 36.6 Å². The minimum Gasteiger partial charge on any atom is -0.337 e. The Morgan fingerprint density at radius 3 is 2.79 bits per heavy atom. The Hall–Kier alpha value is -3.94. The fraction of sp³-hybridized carbons (Fsp3) is 0.100. The first-order chi connectivity index (χ1) is 13.7. The summed E-state index contributed by atoms with van der Waals surface area (Å²) in [5.41, 5.74) is 2.61. The predicted octanol–water partition coefficient (Wildman–Crippen LogP) is 3.04. The summed E-state index contributed by atoms with van der Waals surface area (Å²) in [4.78, 5) is 36.0. The first kappa shape index (κ1) is 17.5. The number of aryl methyl sites for hydroxylation is 1. The Balaban J connectivity index is 1.39. The molecule has 0 aliphatic carbocycles. The zero-order valence-corrected chi connectivity index (χ0v) is 14.9. The quantitative estimate of drug-likeness (QED) is 0.482. The molecule has 8 heteroatoms. The van der Waals surface area contributed by atoms with Crippen molar-refractivity contribution in [2.45, 2.75) is 13.0 Å². The number of amides is 2. The highest BCUT2D eigenvalue weighted by atomic mass is 16.2. The van der Waals surface area contributed by atoms with E-state index in [4.69, 9.17) is 0 Å². The molecule has 2 amide bonds. The van der Waals surface area contributed by atoms with Crippen LogP contribution in [0, 0.1) is 0 Å². The summed E-state index contributed by atoms with van der Waals surface area (Å²) < 4.78 is 1.83. The van der Waals surface area contributed by atoms with Gasteiger partial charge in [0.05, 0.1) is 17.4 Å². The van der Waals surface area contributed by atoms with E-state index in [9.17, 15) is 9.59 Å². The van der Waals surface area contributed by atoms with E-state index in [0.717, 1.165) is 11.0 Å². The molecule has 0 unspecified atom stereocenters. The second-order valence-electron chi connectivity index (χ2n) is 6.24. The molecule has 2 aromatic heterocycles. The Bertz CT molecular complexity index is 1080. The smallest absolute Gasteiger partial charge is 0.258 e. The fourth-order valence-electron chi connectivity index (χ4n) is 2.80. The van der Waals surface area contributed by atoms with Crippen molar-refractivity contribution >= 4 is 34.5 Å². The molecule has 0 aliphatic heterocycles. The molecule has 0 saturated heterocycles. The van der Waals surface area contributed by atoms with Gasteiger partial charge in [-0.05, 0) is 30.3 Å². The van der Waals surface area contributed by atoms with E-state index in [1.54, 1.807) is 43.0 Å². The van der Waals surface area contributed by atoms with Gasteiger partial charge in [-0.25, -0.2) is 9.97 Å². The Morgan fingerprint density at radius 1 is 1.07 bits per heavy atom. The van der Waals surface area contributed by atoms with Crippen LogP contribution in [0.2, 0.25) is 0 Å². The number of imidazole rings is 2. The molecule has 4 aromatic rings. The number of rotatable bonds is 6. The summed E-state index contributed by atoms with van der Waals surface area (Å²) in [7, 11) is 0. The molecule has 0 aliphatic rings. The average Bonchev–Trinajstić information content (AvgIpc) is 3.35. The van der Waals surface area contributed by atoms with Crippen molar-refractivity contribution in [1.29, 1.82) is 0 Å². The van der Waals surface area contributed by atoms with Gasteiger partial charge in [-0.1, -0.05) is 18.2 Å². The highest BCUT2D eigenvalue weighted by Crippen LogP contribution is 2.16.